The Morgan fingerprint density at radius 2 is 1.92 bits per heavy atom. The van der Waals surface area contributed by atoms with Gasteiger partial charge in [-0.05, 0) is 32.2 Å². The van der Waals surface area contributed by atoms with E-state index in [1.54, 1.807) is 0 Å². The lowest BCUT2D eigenvalue weighted by Gasteiger charge is -2.15. The van der Waals surface area contributed by atoms with Crippen LogP contribution in [0, 0.1) is 11.8 Å². The largest absolute Gasteiger partial charge is 0.317 e. The predicted octanol–water partition coefficient (Wildman–Crippen LogP) is 3.00. The second-order valence-corrected chi connectivity index (χ2v) is 3.63. The Hall–Kier alpha value is -0.560. The molecule has 1 N–H and O–H groups in total. The number of rotatable bonds is 6. The summed E-state index contributed by atoms with van der Waals surface area (Å²) in [5.41, 5.74) is 0. The van der Waals surface area contributed by atoms with E-state index in [1.807, 2.05) is 13.1 Å². The van der Waals surface area contributed by atoms with Crippen molar-refractivity contribution in [1.82, 2.24) is 5.32 Å². The lowest BCUT2D eigenvalue weighted by molar-refractivity contribution is 0.496. The molecule has 0 rings (SSSR count). The van der Waals surface area contributed by atoms with E-state index in [9.17, 15) is 0 Å². The van der Waals surface area contributed by atoms with Gasteiger partial charge in [-0.2, -0.15) is 0 Å². The molecule has 3 unspecified atom stereocenters. The highest BCUT2D eigenvalue weighted by Gasteiger charge is 2.05. The second kappa shape index (κ2) is 6.90. The molecule has 0 amide bonds. The van der Waals surface area contributed by atoms with Gasteiger partial charge in [0.1, 0.15) is 0 Å². The summed E-state index contributed by atoms with van der Waals surface area (Å²) in [5.74, 6) is 1.12. The van der Waals surface area contributed by atoms with Gasteiger partial charge >= 0.3 is 0 Å². The zero-order chi connectivity index (χ0) is 10.3. The predicted molar refractivity (Wildman–Crippen MR) is 60.8 cm³/mol. The Labute approximate surface area is 82.9 Å². The van der Waals surface area contributed by atoms with E-state index in [2.05, 4.69) is 44.8 Å². The third-order valence-electron chi connectivity index (χ3n) is 2.68. The van der Waals surface area contributed by atoms with Crippen molar-refractivity contribution in [1.29, 1.82) is 0 Å². The fraction of sp³-hybridized carbons (Fsp3) is 0.667. The molecule has 1 heteroatoms. The molecule has 0 aliphatic carbocycles. The van der Waals surface area contributed by atoms with Gasteiger partial charge in [-0.25, -0.2) is 0 Å². The molecule has 0 fully saturated rings. The fourth-order valence-corrected chi connectivity index (χ4v) is 1.13. The molecule has 13 heavy (non-hydrogen) atoms. The van der Waals surface area contributed by atoms with Gasteiger partial charge in [-0.15, -0.1) is 6.58 Å². The van der Waals surface area contributed by atoms with Crippen LogP contribution in [0.3, 0.4) is 0 Å². The van der Waals surface area contributed by atoms with Crippen molar-refractivity contribution in [2.24, 2.45) is 11.8 Å². The third kappa shape index (κ3) is 4.89. The highest BCUT2D eigenvalue weighted by molar-refractivity contribution is 4.99. The van der Waals surface area contributed by atoms with Crippen molar-refractivity contribution in [2.45, 2.75) is 33.2 Å². The summed E-state index contributed by atoms with van der Waals surface area (Å²) in [7, 11) is 2.00. The minimum absolute atomic E-state index is 0.534. The van der Waals surface area contributed by atoms with Gasteiger partial charge in [0.25, 0.3) is 0 Å². The molecular weight excluding hydrogens is 158 g/mol. The van der Waals surface area contributed by atoms with Crippen LogP contribution in [-0.4, -0.2) is 13.1 Å². The normalized spacial score (nSPS) is 18.5. The molecule has 0 spiro atoms. The van der Waals surface area contributed by atoms with Crippen molar-refractivity contribution in [2.75, 3.05) is 7.05 Å². The van der Waals surface area contributed by atoms with Crippen molar-refractivity contribution >= 4 is 0 Å². The topological polar surface area (TPSA) is 12.0 Å². The van der Waals surface area contributed by atoms with E-state index in [0.29, 0.717) is 17.9 Å². The van der Waals surface area contributed by atoms with E-state index in [4.69, 9.17) is 0 Å². The monoisotopic (exact) mass is 181 g/mol. The first-order chi connectivity index (χ1) is 6.15. The van der Waals surface area contributed by atoms with Gasteiger partial charge in [0.15, 0.2) is 0 Å². The van der Waals surface area contributed by atoms with Crippen LogP contribution in [0.2, 0.25) is 0 Å². The molecule has 0 aromatic rings. The number of nitrogens with one attached hydrogen (secondary N) is 1. The Bertz CT molecular complexity index is 161. The molecule has 76 valence electrons. The van der Waals surface area contributed by atoms with Crippen LogP contribution < -0.4 is 5.32 Å². The number of allylic oxidation sites excluding steroid dienone is 2. The fourth-order valence-electron chi connectivity index (χ4n) is 1.13. The van der Waals surface area contributed by atoms with Crippen LogP contribution in [-0.2, 0) is 0 Å². The standard InChI is InChI=1S/C12H23N/c1-6-12(7-2)9-8-10(3)11(4)13-5/h6,8-13H,1,7H2,2-5H3/b9-8-. The Morgan fingerprint density at radius 3 is 2.31 bits per heavy atom. The first-order valence-corrected chi connectivity index (χ1v) is 5.13. The van der Waals surface area contributed by atoms with Crippen molar-refractivity contribution in [3.05, 3.63) is 24.8 Å². The van der Waals surface area contributed by atoms with Crippen LogP contribution in [0.4, 0.5) is 0 Å². The highest BCUT2D eigenvalue weighted by Crippen LogP contribution is 2.10. The summed E-state index contributed by atoms with van der Waals surface area (Å²) in [5, 5.41) is 3.25. The number of hydrogen-bond donors (Lipinski definition) is 1. The Kier molecular flexibility index (Phi) is 6.61. The first-order valence-electron chi connectivity index (χ1n) is 5.13. The van der Waals surface area contributed by atoms with Crippen LogP contribution in [0.5, 0.6) is 0 Å². The second-order valence-electron chi connectivity index (χ2n) is 3.63. The van der Waals surface area contributed by atoms with E-state index >= 15 is 0 Å². The number of hydrogen-bond acceptors (Lipinski definition) is 1. The lowest BCUT2D eigenvalue weighted by atomic mass is 9.99. The van der Waals surface area contributed by atoms with Crippen molar-refractivity contribution in [3.63, 3.8) is 0 Å². The summed E-state index contributed by atoms with van der Waals surface area (Å²) in [6.45, 7) is 10.4. The van der Waals surface area contributed by atoms with E-state index < -0.39 is 0 Å². The minimum Gasteiger partial charge on any atom is -0.317 e. The van der Waals surface area contributed by atoms with Crippen LogP contribution in [0.1, 0.15) is 27.2 Å². The summed E-state index contributed by atoms with van der Waals surface area (Å²) in [6.07, 6.45) is 7.68. The maximum Gasteiger partial charge on any atom is 0.00958 e. The summed E-state index contributed by atoms with van der Waals surface area (Å²) >= 11 is 0. The molecule has 0 bridgehead atoms. The maximum absolute atomic E-state index is 3.81. The molecule has 0 aromatic carbocycles. The van der Waals surface area contributed by atoms with Gasteiger partial charge in [-0.3, -0.25) is 0 Å². The van der Waals surface area contributed by atoms with Crippen molar-refractivity contribution in [3.8, 4) is 0 Å². The molecule has 0 saturated heterocycles. The zero-order valence-electron chi connectivity index (χ0n) is 9.38. The van der Waals surface area contributed by atoms with Gasteiger partial charge in [0.05, 0.1) is 0 Å². The molecular formula is C12H23N. The van der Waals surface area contributed by atoms with E-state index in [-0.39, 0.29) is 0 Å². The minimum atomic E-state index is 0.534. The summed E-state index contributed by atoms with van der Waals surface area (Å²) < 4.78 is 0. The van der Waals surface area contributed by atoms with Crippen LogP contribution >= 0.6 is 0 Å². The molecule has 0 aliphatic rings. The summed E-state index contributed by atoms with van der Waals surface area (Å²) in [6, 6.07) is 0.540. The Morgan fingerprint density at radius 1 is 1.31 bits per heavy atom. The van der Waals surface area contributed by atoms with Crippen molar-refractivity contribution < 1.29 is 0 Å². The van der Waals surface area contributed by atoms with E-state index in [0.717, 1.165) is 6.42 Å². The molecule has 0 radical (unpaired) electrons. The van der Waals surface area contributed by atoms with Gasteiger partial charge in [-0.1, -0.05) is 32.1 Å². The Balaban J connectivity index is 4.00. The highest BCUT2D eigenvalue weighted by atomic mass is 14.9. The molecule has 0 aromatic heterocycles. The SMILES string of the molecule is C=CC(/C=C\C(C)C(C)NC)CC. The van der Waals surface area contributed by atoms with Crippen LogP contribution in [0.15, 0.2) is 24.8 Å². The summed E-state index contributed by atoms with van der Waals surface area (Å²) in [4.78, 5) is 0. The zero-order valence-corrected chi connectivity index (χ0v) is 9.38. The quantitative estimate of drug-likeness (QED) is 0.621. The molecule has 0 aliphatic heterocycles. The van der Waals surface area contributed by atoms with Crippen LogP contribution in [0.25, 0.3) is 0 Å². The maximum atomic E-state index is 3.81. The van der Waals surface area contributed by atoms with Gasteiger partial charge in [0.2, 0.25) is 0 Å². The first kappa shape index (κ1) is 12.4. The van der Waals surface area contributed by atoms with Gasteiger partial charge in [0, 0.05) is 6.04 Å². The lowest BCUT2D eigenvalue weighted by Crippen LogP contribution is -2.27. The average Bonchev–Trinajstić information content (AvgIpc) is 2.17. The third-order valence-corrected chi connectivity index (χ3v) is 2.68. The molecule has 0 saturated carbocycles. The molecule has 1 nitrogen and oxygen atoms in total. The average molecular weight is 181 g/mol. The van der Waals surface area contributed by atoms with E-state index in [1.165, 1.54) is 0 Å². The molecule has 3 atom stereocenters. The van der Waals surface area contributed by atoms with Gasteiger partial charge < -0.3 is 5.32 Å². The smallest absolute Gasteiger partial charge is 0.00958 e. The molecule has 0 heterocycles.